The van der Waals surface area contributed by atoms with Gasteiger partial charge in [0.2, 0.25) is 5.82 Å². The Labute approximate surface area is 97.7 Å². The highest BCUT2D eigenvalue weighted by molar-refractivity contribution is 5.17. The molecule has 1 aliphatic heterocycles. The zero-order chi connectivity index (χ0) is 12.4. The summed E-state index contributed by atoms with van der Waals surface area (Å²) in [7, 11) is 0. The molecule has 0 aromatic carbocycles. The normalized spacial score (nSPS) is 32.2. The molecule has 17 heavy (non-hydrogen) atoms. The summed E-state index contributed by atoms with van der Waals surface area (Å²) in [6, 6.07) is 0. The molecule has 0 aliphatic carbocycles. The molecule has 3 N–H and O–H groups in total. The topological polar surface area (TPSA) is 101 Å². The highest BCUT2D eigenvalue weighted by Crippen LogP contribution is 2.28. The van der Waals surface area contributed by atoms with E-state index in [1.165, 1.54) is 11.0 Å². The van der Waals surface area contributed by atoms with Gasteiger partial charge in [0.1, 0.15) is 24.6 Å². The van der Waals surface area contributed by atoms with E-state index in [2.05, 4.69) is 21.9 Å². The molecule has 7 nitrogen and oxygen atoms in total. The van der Waals surface area contributed by atoms with E-state index in [1.54, 1.807) is 6.92 Å². The fourth-order valence-corrected chi connectivity index (χ4v) is 1.67. The Morgan fingerprint density at radius 2 is 2.24 bits per heavy atom. The molecule has 2 unspecified atom stereocenters. The van der Waals surface area contributed by atoms with E-state index in [0.29, 0.717) is 5.82 Å². The third-order valence-electron chi connectivity index (χ3n) is 2.52. The minimum absolute atomic E-state index is 0.310. The van der Waals surface area contributed by atoms with Crippen molar-refractivity contribution in [3.63, 3.8) is 0 Å². The molecule has 0 radical (unpaired) electrons. The predicted molar refractivity (Wildman–Crippen MR) is 55.6 cm³/mol. The Hall–Kier alpha value is -1.46. The highest BCUT2D eigenvalue weighted by Gasteiger charge is 2.43. The number of aliphatic hydroxyl groups is 3. The standard InChI is InChI=1S/C10H13N3O4/c1-2-3-7-11-5-13(12-7)10-9(16)8(15)6(4-14)17-10/h5-6,8-10,14-16H,4H2,1H3/t6-,8?,9?,10-/m1/s1. The predicted octanol–water partition coefficient (Wildman–Crippen LogP) is -1.74. The SMILES string of the molecule is CC#Cc1ncn([C@@H]2O[C@H](CO)C(O)C2O)n1. The number of ether oxygens (including phenoxy) is 1. The van der Waals surface area contributed by atoms with Crippen molar-refractivity contribution in [2.24, 2.45) is 0 Å². The summed E-state index contributed by atoms with van der Waals surface area (Å²) in [4.78, 5) is 3.90. The van der Waals surface area contributed by atoms with Crippen LogP contribution in [0.4, 0.5) is 0 Å². The van der Waals surface area contributed by atoms with Gasteiger partial charge in [-0.15, -0.1) is 5.10 Å². The van der Waals surface area contributed by atoms with E-state index >= 15 is 0 Å². The minimum Gasteiger partial charge on any atom is -0.394 e. The Kier molecular flexibility index (Phi) is 3.40. The average molecular weight is 239 g/mol. The molecule has 1 aliphatic rings. The molecule has 1 aromatic heterocycles. The van der Waals surface area contributed by atoms with Crippen molar-refractivity contribution in [3.8, 4) is 11.8 Å². The molecule has 1 saturated heterocycles. The molecule has 0 saturated carbocycles. The van der Waals surface area contributed by atoms with Crippen molar-refractivity contribution in [1.82, 2.24) is 14.8 Å². The van der Waals surface area contributed by atoms with Crippen LogP contribution < -0.4 is 0 Å². The highest BCUT2D eigenvalue weighted by atomic mass is 16.6. The van der Waals surface area contributed by atoms with Gasteiger partial charge >= 0.3 is 0 Å². The first-order valence-corrected chi connectivity index (χ1v) is 5.13. The summed E-state index contributed by atoms with van der Waals surface area (Å²) in [5.41, 5.74) is 0. The van der Waals surface area contributed by atoms with Crippen LogP contribution in [0.1, 0.15) is 19.0 Å². The van der Waals surface area contributed by atoms with Crippen LogP contribution >= 0.6 is 0 Å². The number of aromatic nitrogens is 3. The van der Waals surface area contributed by atoms with Crippen LogP contribution in [0, 0.1) is 11.8 Å². The second-order valence-electron chi connectivity index (χ2n) is 3.65. The summed E-state index contributed by atoms with van der Waals surface area (Å²) >= 11 is 0. The largest absolute Gasteiger partial charge is 0.394 e. The first-order valence-electron chi connectivity index (χ1n) is 5.13. The van der Waals surface area contributed by atoms with Crippen molar-refractivity contribution in [3.05, 3.63) is 12.2 Å². The van der Waals surface area contributed by atoms with Crippen LogP contribution in [-0.4, -0.2) is 55.0 Å². The van der Waals surface area contributed by atoms with Crippen LogP contribution in [0.25, 0.3) is 0 Å². The fourth-order valence-electron chi connectivity index (χ4n) is 1.67. The van der Waals surface area contributed by atoms with Gasteiger partial charge in [-0.05, 0) is 12.8 Å². The molecule has 2 rings (SSSR count). The number of hydrogen-bond acceptors (Lipinski definition) is 6. The third-order valence-corrected chi connectivity index (χ3v) is 2.52. The molecular formula is C10H13N3O4. The lowest BCUT2D eigenvalue weighted by molar-refractivity contribution is -0.0588. The molecule has 92 valence electrons. The monoisotopic (exact) mass is 239 g/mol. The molecule has 1 fully saturated rings. The Balaban J connectivity index is 2.18. The molecule has 1 aromatic rings. The van der Waals surface area contributed by atoms with Gasteiger partial charge in [-0.25, -0.2) is 9.67 Å². The maximum absolute atomic E-state index is 9.74. The van der Waals surface area contributed by atoms with E-state index in [9.17, 15) is 10.2 Å². The zero-order valence-electron chi connectivity index (χ0n) is 9.19. The second kappa shape index (κ2) is 4.81. The number of nitrogens with zero attached hydrogens (tertiary/aromatic N) is 3. The third kappa shape index (κ3) is 2.16. The molecule has 4 atom stereocenters. The van der Waals surface area contributed by atoms with E-state index in [1.807, 2.05) is 0 Å². The van der Waals surface area contributed by atoms with Crippen LogP contribution in [-0.2, 0) is 4.74 Å². The van der Waals surface area contributed by atoms with Crippen molar-refractivity contribution < 1.29 is 20.1 Å². The molecule has 0 bridgehead atoms. The van der Waals surface area contributed by atoms with Gasteiger partial charge in [0, 0.05) is 0 Å². The van der Waals surface area contributed by atoms with Crippen molar-refractivity contribution in [1.29, 1.82) is 0 Å². The smallest absolute Gasteiger partial charge is 0.225 e. The summed E-state index contributed by atoms with van der Waals surface area (Å²) in [5, 5.41) is 32.3. The number of hydrogen-bond donors (Lipinski definition) is 3. The molecular weight excluding hydrogens is 226 g/mol. The summed E-state index contributed by atoms with van der Waals surface area (Å²) in [6.45, 7) is 1.29. The average Bonchev–Trinajstić information content (AvgIpc) is 2.87. The summed E-state index contributed by atoms with van der Waals surface area (Å²) in [6.07, 6.45) is -2.62. The number of rotatable bonds is 2. The summed E-state index contributed by atoms with van der Waals surface area (Å²) < 4.78 is 6.56. The lowest BCUT2D eigenvalue weighted by Gasteiger charge is -2.13. The van der Waals surface area contributed by atoms with Crippen LogP contribution in [0.15, 0.2) is 6.33 Å². The van der Waals surface area contributed by atoms with E-state index in [-0.39, 0.29) is 6.61 Å². The summed E-state index contributed by atoms with van der Waals surface area (Å²) in [5.74, 6) is 5.62. The minimum atomic E-state index is -1.16. The van der Waals surface area contributed by atoms with Gasteiger partial charge in [-0.3, -0.25) is 0 Å². The van der Waals surface area contributed by atoms with Gasteiger partial charge in [0.15, 0.2) is 6.23 Å². The van der Waals surface area contributed by atoms with Gasteiger partial charge < -0.3 is 20.1 Å². The van der Waals surface area contributed by atoms with Crippen LogP contribution in [0.3, 0.4) is 0 Å². The Morgan fingerprint density at radius 1 is 1.47 bits per heavy atom. The zero-order valence-corrected chi connectivity index (χ0v) is 9.19. The molecule has 7 heteroatoms. The first kappa shape index (κ1) is 12.0. The fraction of sp³-hybridized carbons (Fsp3) is 0.600. The van der Waals surface area contributed by atoms with Crippen LogP contribution in [0.2, 0.25) is 0 Å². The maximum atomic E-state index is 9.74. The Morgan fingerprint density at radius 3 is 2.82 bits per heavy atom. The van der Waals surface area contributed by atoms with Gasteiger partial charge in [-0.2, -0.15) is 0 Å². The van der Waals surface area contributed by atoms with Gasteiger partial charge in [0.05, 0.1) is 6.61 Å². The van der Waals surface area contributed by atoms with Gasteiger partial charge in [-0.1, -0.05) is 5.92 Å². The van der Waals surface area contributed by atoms with Crippen molar-refractivity contribution in [2.45, 2.75) is 31.5 Å². The van der Waals surface area contributed by atoms with Crippen LogP contribution in [0.5, 0.6) is 0 Å². The van der Waals surface area contributed by atoms with Crippen molar-refractivity contribution in [2.75, 3.05) is 6.61 Å². The Bertz CT molecular complexity index is 450. The molecule has 0 amide bonds. The van der Waals surface area contributed by atoms with E-state index in [4.69, 9.17) is 9.84 Å². The molecule has 2 heterocycles. The van der Waals surface area contributed by atoms with Gasteiger partial charge in [0.25, 0.3) is 0 Å². The lowest BCUT2D eigenvalue weighted by atomic mass is 10.1. The second-order valence-corrected chi connectivity index (χ2v) is 3.65. The quantitative estimate of drug-likeness (QED) is 0.530. The van der Waals surface area contributed by atoms with E-state index < -0.39 is 24.5 Å². The maximum Gasteiger partial charge on any atom is 0.225 e. The molecule has 0 spiro atoms. The number of aliphatic hydroxyl groups excluding tert-OH is 3. The van der Waals surface area contributed by atoms with Crippen molar-refractivity contribution >= 4 is 0 Å². The van der Waals surface area contributed by atoms with E-state index in [0.717, 1.165) is 0 Å². The lowest BCUT2D eigenvalue weighted by Crippen LogP contribution is -2.33. The first-order chi connectivity index (χ1) is 8.17.